The quantitative estimate of drug-likeness (QED) is 0.202. The highest BCUT2D eigenvalue weighted by atomic mass is 16.4. The van der Waals surface area contributed by atoms with Crippen LogP contribution in [0.5, 0.6) is 11.5 Å². The zero-order valence-electron chi connectivity index (χ0n) is 9.87. The van der Waals surface area contributed by atoms with Gasteiger partial charge < -0.3 is 26.1 Å². The van der Waals surface area contributed by atoms with Crippen molar-refractivity contribution in [3.8, 4) is 11.5 Å². The Bertz CT molecular complexity index is 473. The van der Waals surface area contributed by atoms with Crippen LogP contribution in [0.2, 0.25) is 0 Å². The van der Waals surface area contributed by atoms with E-state index in [1.807, 2.05) is 0 Å². The number of benzene rings is 1. The summed E-state index contributed by atoms with van der Waals surface area (Å²) in [7, 11) is 1.51. The predicted octanol–water partition coefficient (Wildman–Crippen LogP) is 0.306. The number of amidine groups is 1. The van der Waals surface area contributed by atoms with Crippen LogP contribution in [0.15, 0.2) is 23.4 Å². The highest BCUT2D eigenvalue weighted by molar-refractivity contribution is 5.97. The van der Waals surface area contributed by atoms with E-state index in [1.54, 1.807) is 0 Å². The molecule has 7 heteroatoms. The molecule has 0 heterocycles. The Hall–Kier alpha value is -2.44. The average molecular weight is 253 g/mol. The third-order valence-electron chi connectivity index (χ3n) is 2.39. The fraction of sp³-hybridized carbons (Fsp3) is 0.273. The lowest BCUT2D eigenvalue weighted by atomic mass is 10.1. The molecule has 5 N–H and O–H groups in total. The molecule has 18 heavy (non-hydrogen) atoms. The van der Waals surface area contributed by atoms with Crippen LogP contribution in [-0.4, -0.2) is 45.7 Å². The van der Waals surface area contributed by atoms with Gasteiger partial charge in [0.15, 0.2) is 0 Å². The summed E-state index contributed by atoms with van der Waals surface area (Å²) in [4.78, 5) is 13.2. The third kappa shape index (κ3) is 3.27. The fourth-order valence-corrected chi connectivity index (χ4v) is 1.33. The number of nitrogens with two attached hydrogens (primary N) is 1. The van der Waals surface area contributed by atoms with E-state index in [4.69, 9.17) is 10.9 Å². The summed E-state index contributed by atoms with van der Waals surface area (Å²) in [5.41, 5.74) is 5.28. The van der Waals surface area contributed by atoms with E-state index < -0.39 is 5.91 Å². The maximum absolute atomic E-state index is 11.9. The summed E-state index contributed by atoms with van der Waals surface area (Å²) in [5, 5.41) is 30.0. The number of oxime groups is 1. The van der Waals surface area contributed by atoms with Gasteiger partial charge in [-0.05, 0) is 18.2 Å². The van der Waals surface area contributed by atoms with Gasteiger partial charge in [-0.3, -0.25) is 4.79 Å². The maximum Gasteiger partial charge on any atom is 0.257 e. The van der Waals surface area contributed by atoms with E-state index in [-0.39, 0.29) is 35.9 Å². The van der Waals surface area contributed by atoms with Crippen molar-refractivity contribution in [3.63, 3.8) is 0 Å². The van der Waals surface area contributed by atoms with Crippen LogP contribution in [0.3, 0.4) is 0 Å². The number of aromatic hydroxyl groups is 2. The van der Waals surface area contributed by atoms with E-state index >= 15 is 0 Å². The summed E-state index contributed by atoms with van der Waals surface area (Å²) in [6.45, 7) is 0.226. The molecule has 1 rings (SSSR count). The number of amides is 1. The SMILES string of the molecule is CN(CC/C(N)=N/O)C(=O)c1cc(O)ccc1O. The number of hydrogen-bond acceptors (Lipinski definition) is 5. The van der Waals surface area contributed by atoms with Gasteiger partial charge >= 0.3 is 0 Å². The topological polar surface area (TPSA) is 119 Å². The molecule has 98 valence electrons. The Morgan fingerprint density at radius 1 is 1.44 bits per heavy atom. The second-order valence-electron chi connectivity index (χ2n) is 3.77. The van der Waals surface area contributed by atoms with Gasteiger partial charge in [-0.15, -0.1) is 0 Å². The van der Waals surface area contributed by atoms with E-state index in [9.17, 15) is 15.0 Å². The van der Waals surface area contributed by atoms with Crippen LogP contribution in [0, 0.1) is 0 Å². The van der Waals surface area contributed by atoms with E-state index in [2.05, 4.69) is 5.16 Å². The van der Waals surface area contributed by atoms with Gasteiger partial charge in [-0.2, -0.15) is 0 Å². The number of carbonyl (C=O) groups is 1. The molecule has 0 bridgehead atoms. The normalized spacial score (nSPS) is 11.3. The lowest BCUT2D eigenvalue weighted by Gasteiger charge is -2.17. The van der Waals surface area contributed by atoms with Gasteiger partial charge in [0.2, 0.25) is 0 Å². The van der Waals surface area contributed by atoms with Crippen molar-refractivity contribution in [1.82, 2.24) is 4.90 Å². The molecule has 0 saturated carbocycles. The second kappa shape index (κ2) is 5.76. The molecule has 0 aliphatic carbocycles. The maximum atomic E-state index is 11.9. The molecule has 0 radical (unpaired) electrons. The third-order valence-corrected chi connectivity index (χ3v) is 2.39. The van der Waals surface area contributed by atoms with Gasteiger partial charge in [0, 0.05) is 20.0 Å². The van der Waals surface area contributed by atoms with Gasteiger partial charge in [-0.1, -0.05) is 5.16 Å². The van der Waals surface area contributed by atoms with Gasteiger partial charge in [0.25, 0.3) is 5.91 Å². The van der Waals surface area contributed by atoms with Crippen LogP contribution in [-0.2, 0) is 0 Å². The van der Waals surface area contributed by atoms with Crippen LogP contribution in [0.4, 0.5) is 0 Å². The molecule has 0 aliphatic heterocycles. The van der Waals surface area contributed by atoms with Crippen LogP contribution >= 0.6 is 0 Å². The first-order chi connectivity index (χ1) is 8.45. The molecule has 0 aromatic heterocycles. The van der Waals surface area contributed by atoms with Crippen molar-refractivity contribution >= 4 is 11.7 Å². The van der Waals surface area contributed by atoms with E-state index in [0.717, 1.165) is 0 Å². The number of carbonyl (C=O) groups excluding carboxylic acids is 1. The molecular formula is C11H15N3O4. The molecule has 1 aromatic carbocycles. The Morgan fingerprint density at radius 2 is 2.11 bits per heavy atom. The summed E-state index contributed by atoms with van der Waals surface area (Å²) >= 11 is 0. The summed E-state index contributed by atoms with van der Waals surface area (Å²) in [6.07, 6.45) is 0.207. The van der Waals surface area contributed by atoms with Crippen molar-refractivity contribution in [2.75, 3.05) is 13.6 Å². The Balaban J connectivity index is 2.77. The number of hydrogen-bond donors (Lipinski definition) is 4. The zero-order chi connectivity index (χ0) is 13.7. The molecule has 1 aromatic rings. The molecule has 1 amide bonds. The molecule has 0 fully saturated rings. The van der Waals surface area contributed by atoms with Crippen molar-refractivity contribution in [3.05, 3.63) is 23.8 Å². The van der Waals surface area contributed by atoms with E-state index in [1.165, 1.54) is 30.1 Å². The Morgan fingerprint density at radius 3 is 2.72 bits per heavy atom. The molecule has 0 spiro atoms. The monoisotopic (exact) mass is 253 g/mol. The minimum absolute atomic E-state index is 0.00277. The zero-order valence-corrected chi connectivity index (χ0v) is 9.87. The molecule has 0 saturated heterocycles. The van der Waals surface area contributed by atoms with Gasteiger partial charge in [-0.25, -0.2) is 0 Å². The highest BCUT2D eigenvalue weighted by Crippen LogP contribution is 2.23. The molecule has 0 aliphatic rings. The van der Waals surface area contributed by atoms with Crippen LogP contribution in [0.1, 0.15) is 16.8 Å². The number of phenols is 2. The largest absolute Gasteiger partial charge is 0.508 e. The van der Waals surface area contributed by atoms with Crippen LogP contribution in [0.25, 0.3) is 0 Å². The summed E-state index contributed by atoms with van der Waals surface area (Å²) in [5.74, 6) is -0.779. The summed E-state index contributed by atoms with van der Waals surface area (Å²) < 4.78 is 0. The first-order valence-corrected chi connectivity index (χ1v) is 5.19. The Labute approximate surface area is 104 Å². The lowest BCUT2D eigenvalue weighted by Crippen LogP contribution is -2.30. The Kier molecular flexibility index (Phi) is 4.36. The lowest BCUT2D eigenvalue weighted by molar-refractivity contribution is 0.0795. The average Bonchev–Trinajstić information content (AvgIpc) is 2.37. The smallest absolute Gasteiger partial charge is 0.257 e. The first kappa shape index (κ1) is 13.6. The fourth-order valence-electron chi connectivity index (χ4n) is 1.33. The minimum Gasteiger partial charge on any atom is -0.508 e. The standard InChI is InChI=1S/C11H15N3O4/c1-14(5-4-10(12)13-18)11(17)8-6-7(15)2-3-9(8)16/h2-3,6,15-16,18H,4-5H2,1H3,(H2,12,13). The predicted molar refractivity (Wildman–Crippen MR) is 64.8 cm³/mol. The van der Waals surface area contributed by atoms with Crippen molar-refractivity contribution < 1.29 is 20.2 Å². The van der Waals surface area contributed by atoms with Crippen LogP contribution < -0.4 is 5.73 Å². The van der Waals surface area contributed by atoms with Crippen molar-refractivity contribution in [2.24, 2.45) is 10.9 Å². The highest BCUT2D eigenvalue weighted by Gasteiger charge is 2.16. The number of rotatable bonds is 4. The van der Waals surface area contributed by atoms with Crippen molar-refractivity contribution in [2.45, 2.75) is 6.42 Å². The number of nitrogens with zero attached hydrogens (tertiary/aromatic N) is 2. The second-order valence-corrected chi connectivity index (χ2v) is 3.77. The molecule has 0 unspecified atom stereocenters. The summed E-state index contributed by atoms with van der Waals surface area (Å²) in [6, 6.07) is 3.69. The molecule has 7 nitrogen and oxygen atoms in total. The molecular weight excluding hydrogens is 238 g/mol. The van der Waals surface area contributed by atoms with E-state index in [0.29, 0.717) is 0 Å². The van der Waals surface area contributed by atoms with Crippen molar-refractivity contribution in [1.29, 1.82) is 0 Å². The van der Waals surface area contributed by atoms with Gasteiger partial charge in [0.05, 0.1) is 5.56 Å². The molecule has 0 atom stereocenters. The van der Waals surface area contributed by atoms with Gasteiger partial charge in [0.1, 0.15) is 17.3 Å². The number of phenolic OH excluding ortho intramolecular Hbond substituents is 2. The first-order valence-electron chi connectivity index (χ1n) is 5.19. The minimum atomic E-state index is -0.464.